The smallest absolute Gasteiger partial charge is 0.298 e. The highest BCUT2D eigenvalue weighted by Crippen LogP contribution is 2.28. The van der Waals surface area contributed by atoms with Crippen LogP contribution in [0.25, 0.3) is 0 Å². The summed E-state index contributed by atoms with van der Waals surface area (Å²) in [6.07, 6.45) is 3.00. The van der Waals surface area contributed by atoms with Crippen LogP contribution >= 0.6 is 0 Å². The van der Waals surface area contributed by atoms with Gasteiger partial charge >= 0.3 is 0 Å². The Balaban J connectivity index is 0.000000262. The summed E-state index contributed by atoms with van der Waals surface area (Å²) < 4.78 is 65.9. The summed E-state index contributed by atoms with van der Waals surface area (Å²) in [4.78, 5) is 13.3. The van der Waals surface area contributed by atoms with Crippen LogP contribution in [-0.2, 0) is 4.79 Å². The second-order valence-corrected chi connectivity index (χ2v) is 3.32. The van der Waals surface area contributed by atoms with E-state index < -0.39 is 41.3 Å². The van der Waals surface area contributed by atoms with Crippen molar-refractivity contribution in [2.75, 3.05) is 0 Å². The van der Waals surface area contributed by atoms with Crippen LogP contribution in [0.2, 0.25) is 0 Å². The summed E-state index contributed by atoms with van der Waals surface area (Å²) >= 11 is 0. The fraction of sp³-hybridized carbons (Fsp3) is 0. The average molecular weight is 307 g/mol. The number of ether oxygens (including phenoxy) is 1. The molecule has 0 fully saturated rings. The largest absolute Gasteiger partial charge is 0.506 e. The van der Waals surface area contributed by atoms with E-state index in [2.05, 4.69) is 9.72 Å². The first-order valence-corrected chi connectivity index (χ1v) is 5.10. The molecule has 2 rings (SSSR count). The number of rotatable bonds is 2. The Labute approximate surface area is 114 Å². The molecule has 0 radical (unpaired) electrons. The van der Waals surface area contributed by atoms with Crippen LogP contribution in [0, 0.1) is 29.1 Å². The third-order valence-corrected chi connectivity index (χ3v) is 1.98. The molecular formula is C12H6F5NO3. The van der Waals surface area contributed by atoms with Gasteiger partial charge in [-0.1, -0.05) is 0 Å². The summed E-state index contributed by atoms with van der Waals surface area (Å²) in [5.74, 6) is -12.4. The van der Waals surface area contributed by atoms with Gasteiger partial charge in [-0.05, 0) is 12.1 Å². The SMILES string of the molecule is O=COc1c(F)c(F)c(F)c(F)c1F.Oc1cccnc1. The lowest BCUT2D eigenvalue weighted by Gasteiger charge is -2.04. The molecule has 112 valence electrons. The molecule has 0 aliphatic rings. The number of hydrogen-bond acceptors (Lipinski definition) is 4. The van der Waals surface area contributed by atoms with Gasteiger partial charge in [0.05, 0.1) is 6.20 Å². The van der Waals surface area contributed by atoms with E-state index in [-0.39, 0.29) is 5.75 Å². The van der Waals surface area contributed by atoms with Crippen molar-refractivity contribution in [3.8, 4) is 11.5 Å². The van der Waals surface area contributed by atoms with Crippen molar-refractivity contribution in [1.82, 2.24) is 4.98 Å². The van der Waals surface area contributed by atoms with Gasteiger partial charge < -0.3 is 9.84 Å². The Morgan fingerprint density at radius 3 is 1.86 bits per heavy atom. The molecule has 0 spiro atoms. The first kappa shape index (κ1) is 16.3. The third kappa shape index (κ3) is 3.88. The number of aromatic hydroxyl groups is 1. The summed E-state index contributed by atoms with van der Waals surface area (Å²) in [5.41, 5.74) is 0. The van der Waals surface area contributed by atoms with Crippen LogP contribution in [0.3, 0.4) is 0 Å². The van der Waals surface area contributed by atoms with Gasteiger partial charge in [0.15, 0.2) is 0 Å². The van der Waals surface area contributed by atoms with E-state index in [0.717, 1.165) is 0 Å². The van der Waals surface area contributed by atoms with Crippen molar-refractivity contribution in [2.45, 2.75) is 0 Å². The predicted octanol–water partition coefficient (Wildman–Crippen LogP) is 2.70. The van der Waals surface area contributed by atoms with E-state index in [1.807, 2.05) is 0 Å². The monoisotopic (exact) mass is 307 g/mol. The van der Waals surface area contributed by atoms with E-state index in [9.17, 15) is 26.7 Å². The number of pyridine rings is 1. The molecule has 1 N–H and O–H groups in total. The number of carbonyl (C=O) groups is 1. The van der Waals surface area contributed by atoms with Crippen LogP contribution in [0.15, 0.2) is 24.5 Å². The van der Waals surface area contributed by atoms with Crippen molar-refractivity contribution in [3.63, 3.8) is 0 Å². The molecule has 0 unspecified atom stereocenters. The van der Waals surface area contributed by atoms with Gasteiger partial charge in [-0.2, -0.15) is 8.78 Å². The van der Waals surface area contributed by atoms with Gasteiger partial charge in [0.2, 0.25) is 34.8 Å². The average Bonchev–Trinajstić information content (AvgIpc) is 2.49. The maximum absolute atomic E-state index is 12.6. The van der Waals surface area contributed by atoms with Crippen LogP contribution < -0.4 is 4.74 Å². The van der Waals surface area contributed by atoms with E-state index in [1.54, 1.807) is 18.3 Å². The van der Waals surface area contributed by atoms with Gasteiger partial charge in [-0.15, -0.1) is 0 Å². The number of aromatic nitrogens is 1. The highest BCUT2D eigenvalue weighted by Gasteiger charge is 2.26. The van der Waals surface area contributed by atoms with Crippen LogP contribution in [0.1, 0.15) is 0 Å². The Bertz CT molecular complexity index is 608. The first-order chi connectivity index (χ1) is 9.90. The van der Waals surface area contributed by atoms with Crippen molar-refractivity contribution in [2.24, 2.45) is 0 Å². The standard InChI is InChI=1S/C7HF5O2.C5H5NO/c8-2-3(9)5(11)7(14-1-13)6(12)4(2)10;7-5-2-1-3-6-4-5/h1H;1-4,7H. The molecule has 0 saturated heterocycles. The van der Waals surface area contributed by atoms with Crippen molar-refractivity contribution >= 4 is 6.47 Å². The summed E-state index contributed by atoms with van der Waals surface area (Å²) in [6, 6.07) is 3.25. The second kappa shape index (κ2) is 7.17. The molecule has 0 saturated carbocycles. The van der Waals surface area contributed by atoms with Gasteiger partial charge in [-0.3, -0.25) is 9.78 Å². The van der Waals surface area contributed by atoms with Crippen LogP contribution in [0.5, 0.6) is 11.5 Å². The van der Waals surface area contributed by atoms with E-state index in [0.29, 0.717) is 0 Å². The summed E-state index contributed by atoms with van der Waals surface area (Å²) in [5, 5.41) is 8.57. The highest BCUT2D eigenvalue weighted by atomic mass is 19.2. The van der Waals surface area contributed by atoms with Gasteiger partial charge in [0.1, 0.15) is 5.75 Å². The molecule has 0 aliphatic heterocycles. The quantitative estimate of drug-likeness (QED) is 0.401. The Hall–Kier alpha value is -2.71. The highest BCUT2D eigenvalue weighted by molar-refractivity contribution is 5.46. The third-order valence-electron chi connectivity index (χ3n) is 1.98. The zero-order valence-corrected chi connectivity index (χ0v) is 9.99. The molecular weight excluding hydrogens is 301 g/mol. The maximum Gasteiger partial charge on any atom is 0.298 e. The van der Waals surface area contributed by atoms with Crippen LogP contribution in [0.4, 0.5) is 22.0 Å². The number of benzene rings is 1. The normalized spacial score (nSPS) is 9.57. The molecule has 0 bridgehead atoms. The van der Waals surface area contributed by atoms with Crippen molar-refractivity contribution in [1.29, 1.82) is 0 Å². The van der Waals surface area contributed by atoms with Gasteiger partial charge in [0, 0.05) is 6.20 Å². The number of nitrogens with zero attached hydrogens (tertiary/aromatic N) is 1. The fourth-order valence-electron chi connectivity index (χ4n) is 1.09. The Kier molecular flexibility index (Phi) is 5.58. The van der Waals surface area contributed by atoms with E-state index in [4.69, 9.17) is 5.11 Å². The molecule has 1 heterocycles. The zero-order chi connectivity index (χ0) is 16.0. The number of carbonyl (C=O) groups excluding carboxylic acids is 1. The molecule has 1 aromatic carbocycles. The second-order valence-electron chi connectivity index (χ2n) is 3.32. The van der Waals surface area contributed by atoms with Gasteiger partial charge in [-0.25, -0.2) is 13.2 Å². The predicted molar refractivity (Wildman–Crippen MR) is 58.8 cm³/mol. The molecule has 1 aromatic heterocycles. The molecule has 0 atom stereocenters. The molecule has 0 amide bonds. The molecule has 2 aromatic rings. The molecule has 9 heteroatoms. The topological polar surface area (TPSA) is 59.4 Å². The lowest BCUT2D eigenvalue weighted by Crippen LogP contribution is -2.05. The minimum Gasteiger partial charge on any atom is -0.506 e. The van der Waals surface area contributed by atoms with Gasteiger partial charge in [0.25, 0.3) is 6.47 Å². The Morgan fingerprint density at radius 2 is 1.52 bits per heavy atom. The zero-order valence-electron chi connectivity index (χ0n) is 9.99. The number of halogens is 5. The first-order valence-electron chi connectivity index (χ1n) is 5.10. The van der Waals surface area contributed by atoms with E-state index in [1.165, 1.54) is 6.20 Å². The molecule has 4 nitrogen and oxygen atoms in total. The lowest BCUT2D eigenvalue weighted by atomic mass is 10.3. The summed E-state index contributed by atoms with van der Waals surface area (Å²) in [6.45, 7) is -0.446. The lowest BCUT2D eigenvalue weighted by molar-refractivity contribution is -0.121. The van der Waals surface area contributed by atoms with Crippen LogP contribution in [-0.4, -0.2) is 16.6 Å². The van der Waals surface area contributed by atoms with Crippen molar-refractivity contribution < 1.29 is 36.6 Å². The van der Waals surface area contributed by atoms with E-state index >= 15 is 0 Å². The minimum atomic E-state index is -2.31. The maximum atomic E-state index is 12.6. The van der Waals surface area contributed by atoms with Crippen molar-refractivity contribution in [3.05, 3.63) is 53.6 Å². The summed E-state index contributed by atoms with van der Waals surface area (Å²) in [7, 11) is 0. The fourth-order valence-corrected chi connectivity index (χ4v) is 1.09. The molecule has 21 heavy (non-hydrogen) atoms. The Morgan fingerprint density at radius 1 is 1.00 bits per heavy atom. The molecule has 0 aliphatic carbocycles. The minimum absolute atomic E-state index is 0.211. The number of hydrogen-bond donors (Lipinski definition) is 1.